The Morgan fingerprint density at radius 3 is 2.88 bits per heavy atom. The van der Waals surface area contributed by atoms with Gasteiger partial charge in [0.15, 0.2) is 0 Å². The molecule has 3 N–H and O–H groups in total. The molecule has 1 aliphatic carbocycles. The Labute approximate surface area is 101 Å². The average Bonchev–Trinajstić information content (AvgIpc) is 3.03. The van der Waals surface area contributed by atoms with E-state index in [2.05, 4.69) is 16.6 Å². The Kier molecular flexibility index (Phi) is 3.46. The fourth-order valence-corrected chi connectivity index (χ4v) is 3.09. The van der Waals surface area contributed by atoms with E-state index in [9.17, 15) is 8.42 Å². The smallest absolute Gasteiger partial charge is 0.242 e. The first kappa shape index (κ1) is 12.5. The summed E-state index contributed by atoms with van der Waals surface area (Å²) < 4.78 is 26.7. The summed E-state index contributed by atoms with van der Waals surface area (Å²) in [6.45, 7) is 2.74. The highest BCUT2D eigenvalue weighted by Crippen LogP contribution is 2.37. The lowest BCUT2D eigenvalue weighted by Gasteiger charge is -2.09. The van der Waals surface area contributed by atoms with Gasteiger partial charge in [0.1, 0.15) is 4.90 Å². The van der Waals surface area contributed by atoms with Gasteiger partial charge in [0.2, 0.25) is 10.0 Å². The highest BCUT2D eigenvalue weighted by atomic mass is 32.2. The normalized spacial score (nSPS) is 23.6. The molecule has 1 saturated carbocycles. The van der Waals surface area contributed by atoms with Crippen LogP contribution in [0, 0.1) is 11.8 Å². The van der Waals surface area contributed by atoms with Crippen molar-refractivity contribution < 1.29 is 8.42 Å². The van der Waals surface area contributed by atoms with Crippen LogP contribution in [0.5, 0.6) is 0 Å². The first-order chi connectivity index (χ1) is 8.04. The first-order valence-corrected chi connectivity index (χ1v) is 7.16. The Morgan fingerprint density at radius 2 is 2.29 bits per heavy atom. The molecule has 1 aromatic rings. The highest BCUT2D eigenvalue weighted by molar-refractivity contribution is 7.89. The van der Waals surface area contributed by atoms with Crippen LogP contribution in [0.3, 0.4) is 0 Å². The summed E-state index contributed by atoms with van der Waals surface area (Å²) in [7, 11) is -3.47. The molecule has 1 aliphatic rings. The zero-order valence-corrected chi connectivity index (χ0v) is 10.6. The van der Waals surface area contributed by atoms with Gasteiger partial charge in [-0.1, -0.05) is 6.92 Å². The van der Waals surface area contributed by atoms with Crippen molar-refractivity contribution in [1.29, 1.82) is 0 Å². The number of sulfonamides is 1. The molecule has 1 fully saturated rings. The maximum absolute atomic E-state index is 12.0. The number of hydrogen-bond acceptors (Lipinski definition) is 4. The number of rotatable bonds is 5. The molecule has 1 heterocycles. The number of aromatic nitrogens is 1. The van der Waals surface area contributed by atoms with E-state index >= 15 is 0 Å². The highest BCUT2D eigenvalue weighted by Gasteiger charge is 2.33. The second-order valence-corrected chi connectivity index (χ2v) is 6.21. The Morgan fingerprint density at radius 1 is 1.59 bits per heavy atom. The SMILES string of the molecule is CC1CC1CNS(=O)(=O)c1cccnc1CN. The maximum atomic E-state index is 12.0. The molecule has 2 atom stereocenters. The van der Waals surface area contributed by atoms with Crippen molar-refractivity contribution in [2.75, 3.05) is 6.54 Å². The summed E-state index contributed by atoms with van der Waals surface area (Å²) in [5.74, 6) is 1.10. The molecule has 5 nitrogen and oxygen atoms in total. The van der Waals surface area contributed by atoms with Crippen molar-refractivity contribution >= 4 is 10.0 Å². The Hall–Kier alpha value is -0.980. The third-order valence-corrected chi connectivity index (χ3v) is 4.64. The van der Waals surface area contributed by atoms with Crippen LogP contribution in [0.4, 0.5) is 0 Å². The standard InChI is InChI=1S/C11H17N3O2S/c1-8-5-9(8)7-14-17(15,16)11-3-2-4-13-10(11)6-12/h2-4,8-9,14H,5-7,12H2,1H3. The average molecular weight is 255 g/mol. The van der Waals surface area contributed by atoms with Crippen molar-refractivity contribution in [3.05, 3.63) is 24.0 Å². The van der Waals surface area contributed by atoms with Crippen LogP contribution < -0.4 is 10.5 Å². The Balaban J connectivity index is 2.13. The van der Waals surface area contributed by atoms with Gasteiger partial charge >= 0.3 is 0 Å². The van der Waals surface area contributed by atoms with Crippen LogP contribution in [0.1, 0.15) is 19.0 Å². The fourth-order valence-electron chi connectivity index (χ4n) is 1.80. The zero-order chi connectivity index (χ0) is 12.5. The number of nitrogens with one attached hydrogen (secondary N) is 1. The third-order valence-electron chi connectivity index (χ3n) is 3.14. The number of nitrogens with zero attached hydrogens (tertiary/aromatic N) is 1. The quantitative estimate of drug-likeness (QED) is 0.801. The molecule has 0 aliphatic heterocycles. The van der Waals surface area contributed by atoms with Gasteiger partial charge in [0, 0.05) is 19.3 Å². The van der Waals surface area contributed by atoms with Crippen LogP contribution in [-0.2, 0) is 16.6 Å². The lowest BCUT2D eigenvalue weighted by Crippen LogP contribution is -2.27. The summed E-state index contributed by atoms with van der Waals surface area (Å²) in [5, 5.41) is 0. The molecule has 1 aromatic heterocycles. The summed E-state index contributed by atoms with van der Waals surface area (Å²) >= 11 is 0. The lowest BCUT2D eigenvalue weighted by atomic mass is 10.3. The fraction of sp³-hybridized carbons (Fsp3) is 0.545. The van der Waals surface area contributed by atoms with Gasteiger partial charge in [-0.05, 0) is 30.4 Å². The van der Waals surface area contributed by atoms with Gasteiger partial charge in [0.25, 0.3) is 0 Å². The molecular weight excluding hydrogens is 238 g/mol. The van der Waals surface area contributed by atoms with E-state index in [-0.39, 0.29) is 11.4 Å². The molecule has 0 amide bonds. The van der Waals surface area contributed by atoms with Crippen LogP contribution >= 0.6 is 0 Å². The van der Waals surface area contributed by atoms with Gasteiger partial charge in [-0.3, -0.25) is 4.98 Å². The maximum Gasteiger partial charge on any atom is 0.242 e. The minimum absolute atomic E-state index is 0.122. The topological polar surface area (TPSA) is 85.1 Å². The lowest BCUT2D eigenvalue weighted by molar-refractivity contribution is 0.572. The van der Waals surface area contributed by atoms with E-state index in [1.165, 1.54) is 6.07 Å². The van der Waals surface area contributed by atoms with E-state index < -0.39 is 10.0 Å². The molecule has 6 heteroatoms. The monoisotopic (exact) mass is 255 g/mol. The summed E-state index contributed by atoms with van der Waals surface area (Å²) in [5.41, 5.74) is 5.89. The zero-order valence-electron chi connectivity index (χ0n) is 9.76. The summed E-state index contributed by atoms with van der Waals surface area (Å²) in [6, 6.07) is 3.14. The predicted octanol–water partition coefficient (Wildman–Crippen LogP) is 0.475. The van der Waals surface area contributed by atoms with E-state index in [0.29, 0.717) is 24.1 Å². The predicted molar refractivity (Wildman–Crippen MR) is 64.6 cm³/mol. The number of pyridine rings is 1. The molecule has 94 valence electrons. The van der Waals surface area contributed by atoms with E-state index in [1.54, 1.807) is 12.3 Å². The number of hydrogen-bond donors (Lipinski definition) is 2. The molecular formula is C11H17N3O2S. The minimum Gasteiger partial charge on any atom is -0.325 e. The van der Waals surface area contributed by atoms with E-state index in [4.69, 9.17) is 5.73 Å². The van der Waals surface area contributed by atoms with Crippen LogP contribution in [0.2, 0.25) is 0 Å². The second-order valence-electron chi connectivity index (χ2n) is 4.48. The van der Waals surface area contributed by atoms with Gasteiger partial charge in [-0.2, -0.15) is 0 Å². The minimum atomic E-state index is -3.47. The molecule has 0 aromatic carbocycles. The molecule has 2 rings (SSSR count). The van der Waals surface area contributed by atoms with Crippen LogP contribution in [-0.4, -0.2) is 19.9 Å². The largest absolute Gasteiger partial charge is 0.325 e. The molecule has 0 radical (unpaired) electrons. The summed E-state index contributed by atoms with van der Waals surface area (Å²) in [4.78, 5) is 4.17. The van der Waals surface area contributed by atoms with Crippen molar-refractivity contribution in [3.63, 3.8) is 0 Å². The number of nitrogens with two attached hydrogens (primary N) is 1. The van der Waals surface area contributed by atoms with Crippen molar-refractivity contribution in [1.82, 2.24) is 9.71 Å². The molecule has 0 spiro atoms. The first-order valence-electron chi connectivity index (χ1n) is 5.68. The Bertz CT molecular complexity index is 501. The summed E-state index contributed by atoms with van der Waals surface area (Å²) in [6.07, 6.45) is 2.64. The van der Waals surface area contributed by atoms with Gasteiger partial charge in [-0.25, -0.2) is 13.1 Å². The molecule has 0 saturated heterocycles. The van der Waals surface area contributed by atoms with Crippen molar-refractivity contribution in [2.45, 2.75) is 24.8 Å². The van der Waals surface area contributed by atoms with E-state index in [1.807, 2.05) is 0 Å². The molecule has 2 unspecified atom stereocenters. The molecule has 17 heavy (non-hydrogen) atoms. The van der Waals surface area contributed by atoms with Crippen molar-refractivity contribution in [3.8, 4) is 0 Å². The third kappa shape index (κ3) is 2.83. The van der Waals surface area contributed by atoms with Crippen LogP contribution in [0.25, 0.3) is 0 Å². The van der Waals surface area contributed by atoms with Gasteiger partial charge in [0.05, 0.1) is 5.69 Å². The molecule has 0 bridgehead atoms. The van der Waals surface area contributed by atoms with Gasteiger partial charge < -0.3 is 5.73 Å². The van der Waals surface area contributed by atoms with E-state index in [0.717, 1.165) is 6.42 Å². The van der Waals surface area contributed by atoms with Crippen LogP contribution in [0.15, 0.2) is 23.2 Å². The second kappa shape index (κ2) is 4.72. The van der Waals surface area contributed by atoms with Gasteiger partial charge in [-0.15, -0.1) is 0 Å². The van der Waals surface area contributed by atoms with Crippen molar-refractivity contribution in [2.24, 2.45) is 17.6 Å².